The highest BCUT2D eigenvalue weighted by molar-refractivity contribution is 7.91. The van der Waals surface area contributed by atoms with Gasteiger partial charge in [-0.25, -0.2) is 17.6 Å². The Morgan fingerprint density at radius 3 is 2.58 bits per heavy atom. The minimum atomic E-state index is -3.44. The van der Waals surface area contributed by atoms with Crippen LogP contribution < -0.4 is 5.73 Å². The monoisotopic (exact) mass is 494 g/mol. The summed E-state index contributed by atoms with van der Waals surface area (Å²) >= 11 is 6.01. The molecule has 2 aliphatic heterocycles. The van der Waals surface area contributed by atoms with Crippen LogP contribution in [0.2, 0.25) is 5.02 Å². The van der Waals surface area contributed by atoms with Crippen molar-refractivity contribution in [1.29, 1.82) is 0 Å². The highest BCUT2D eigenvalue weighted by atomic mass is 35.5. The number of hydrogen-bond acceptors (Lipinski definition) is 5. The molecule has 1 amide bonds. The quantitative estimate of drug-likeness (QED) is 0.639. The molecule has 0 unspecified atom stereocenters. The van der Waals surface area contributed by atoms with E-state index >= 15 is 0 Å². The Labute approximate surface area is 198 Å². The van der Waals surface area contributed by atoms with Crippen molar-refractivity contribution < 1.29 is 22.3 Å². The number of nitrogen functional groups attached to an aromatic ring is 1. The lowest BCUT2D eigenvalue weighted by Crippen LogP contribution is -2.51. The molecule has 3 atom stereocenters. The molecular formula is C24H28ClFN2O4S. The van der Waals surface area contributed by atoms with Gasteiger partial charge in [-0.15, -0.1) is 0 Å². The summed E-state index contributed by atoms with van der Waals surface area (Å²) < 4.78 is 45.3. The second-order valence-electron chi connectivity index (χ2n) is 10.0. The number of fused-ring (bicyclic) bond motifs is 1. The molecule has 6 nitrogen and oxygen atoms in total. The van der Waals surface area contributed by atoms with E-state index in [1.807, 2.05) is 24.3 Å². The number of hydrogen-bond donors (Lipinski definition) is 1. The molecule has 0 radical (unpaired) electrons. The summed E-state index contributed by atoms with van der Waals surface area (Å²) in [5.41, 5.74) is 7.92. The fourth-order valence-corrected chi connectivity index (χ4v) is 6.88. The van der Waals surface area contributed by atoms with Gasteiger partial charge in [-0.05, 0) is 40.7 Å². The third-order valence-corrected chi connectivity index (χ3v) is 8.49. The molecule has 2 N–H and O–H groups in total. The second-order valence-corrected chi connectivity index (χ2v) is 12.6. The Bertz CT molecular complexity index is 1170. The maximum Gasteiger partial charge on any atom is 0.410 e. The van der Waals surface area contributed by atoms with Crippen LogP contribution in [-0.2, 0) is 33.0 Å². The van der Waals surface area contributed by atoms with Gasteiger partial charge in [0.15, 0.2) is 9.84 Å². The normalized spacial score (nSPS) is 24.5. The van der Waals surface area contributed by atoms with Crippen molar-refractivity contribution in [2.75, 3.05) is 17.2 Å². The van der Waals surface area contributed by atoms with Crippen LogP contribution >= 0.6 is 11.6 Å². The summed E-state index contributed by atoms with van der Waals surface area (Å²) in [5, 5.41) is 0.0731. The van der Waals surface area contributed by atoms with Crippen molar-refractivity contribution in [3.63, 3.8) is 0 Å². The highest BCUT2D eigenvalue weighted by Gasteiger charge is 2.51. The predicted octanol–water partition coefficient (Wildman–Crippen LogP) is 4.34. The Morgan fingerprint density at radius 1 is 1.18 bits per heavy atom. The summed E-state index contributed by atoms with van der Waals surface area (Å²) in [4.78, 5) is 14.3. The number of rotatable bonds is 4. The van der Waals surface area contributed by atoms with Crippen molar-refractivity contribution in [3.05, 3.63) is 63.9 Å². The van der Waals surface area contributed by atoms with Crippen molar-refractivity contribution in [2.45, 2.75) is 51.3 Å². The lowest BCUT2D eigenvalue weighted by atomic mass is 9.86. The Kier molecular flexibility index (Phi) is 6.12. The lowest BCUT2D eigenvalue weighted by molar-refractivity contribution is 0.0970. The Balaban J connectivity index is 1.60. The van der Waals surface area contributed by atoms with E-state index in [4.69, 9.17) is 22.1 Å². The van der Waals surface area contributed by atoms with Crippen LogP contribution in [0.3, 0.4) is 0 Å². The van der Waals surface area contributed by atoms with Crippen molar-refractivity contribution in [1.82, 2.24) is 4.90 Å². The summed E-state index contributed by atoms with van der Waals surface area (Å²) in [7, 11) is -3.44. The van der Waals surface area contributed by atoms with E-state index in [2.05, 4.69) is 20.8 Å². The minimum Gasteiger partial charge on any atom is -0.444 e. The molecule has 2 heterocycles. The zero-order valence-corrected chi connectivity index (χ0v) is 20.4. The summed E-state index contributed by atoms with van der Waals surface area (Å²) in [6.45, 7) is 6.58. The number of carbonyl (C=O) groups excluding carboxylic acids is 1. The average Bonchev–Trinajstić information content (AvgIpc) is 3.00. The SMILES string of the molecule is CC(C)(C)c1cccc(CN2C(=O)O[C@H]3[C@H](Cc4cc(F)c(N)c(Cl)c4)CS(=O)(=O)C[C@@H]32)c1. The van der Waals surface area contributed by atoms with E-state index in [1.165, 1.54) is 17.0 Å². The van der Waals surface area contributed by atoms with Crippen LogP contribution in [-0.4, -0.2) is 43.1 Å². The van der Waals surface area contributed by atoms with Gasteiger partial charge < -0.3 is 10.5 Å². The number of nitrogens with two attached hydrogens (primary N) is 1. The molecule has 2 fully saturated rings. The molecule has 2 saturated heterocycles. The smallest absolute Gasteiger partial charge is 0.410 e. The van der Waals surface area contributed by atoms with Gasteiger partial charge in [0.05, 0.1) is 28.3 Å². The van der Waals surface area contributed by atoms with Gasteiger partial charge in [0.25, 0.3) is 0 Å². The largest absolute Gasteiger partial charge is 0.444 e. The third kappa shape index (κ3) is 4.96. The number of halogens is 2. The third-order valence-electron chi connectivity index (χ3n) is 6.39. The lowest BCUT2D eigenvalue weighted by Gasteiger charge is -2.34. The van der Waals surface area contributed by atoms with Crippen LogP contribution in [0.15, 0.2) is 36.4 Å². The van der Waals surface area contributed by atoms with Gasteiger partial charge in [0, 0.05) is 12.5 Å². The number of ether oxygens (including phenoxy) is 1. The number of sulfone groups is 1. The van der Waals surface area contributed by atoms with Crippen LogP contribution in [0.25, 0.3) is 0 Å². The molecular weight excluding hydrogens is 467 g/mol. The van der Waals surface area contributed by atoms with Gasteiger partial charge in [0.1, 0.15) is 11.9 Å². The molecule has 33 heavy (non-hydrogen) atoms. The number of benzene rings is 2. The van der Waals surface area contributed by atoms with E-state index in [-0.39, 0.29) is 40.6 Å². The first-order valence-electron chi connectivity index (χ1n) is 10.8. The zero-order chi connectivity index (χ0) is 24.1. The van der Waals surface area contributed by atoms with Crippen LogP contribution in [0, 0.1) is 11.7 Å². The van der Waals surface area contributed by atoms with E-state index in [0.717, 1.165) is 11.1 Å². The standard InChI is InChI=1S/C24H28ClFN2O4S/c1-24(2,3)17-6-4-5-14(8-17)11-28-20-13-33(30,31)12-16(22(20)32-23(28)29)7-15-9-18(25)21(27)19(26)10-15/h4-6,8-10,16,20,22H,7,11-13,27H2,1-3H3/t16-,20+,22+/m1/s1. The van der Waals surface area contributed by atoms with E-state index < -0.39 is 39.8 Å². The van der Waals surface area contributed by atoms with E-state index in [9.17, 15) is 17.6 Å². The van der Waals surface area contributed by atoms with Crippen LogP contribution in [0.4, 0.5) is 14.9 Å². The molecule has 2 aliphatic rings. The topological polar surface area (TPSA) is 89.7 Å². The first-order chi connectivity index (χ1) is 15.3. The predicted molar refractivity (Wildman–Crippen MR) is 126 cm³/mol. The van der Waals surface area contributed by atoms with E-state index in [0.29, 0.717) is 5.56 Å². The molecule has 0 bridgehead atoms. The zero-order valence-electron chi connectivity index (χ0n) is 18.8. The molecule has 0 aromatic heterocycles. The van der Waals surface area contributed by atoms with Gasteiger partial charge in [0.2, 0.25) is 0 Å². The molecule has 2 aromatic rings. The Morgan fingerprint density at radius 2 is 1.91 bits per heavy atom. The van der Waals surface area contributed by atoms with Crippen molar-refractivity contribution >= 4 is 33.2 Å². The van der Waals surface area contributed by atoms with Crippen LogP contribution in [0.5, 0.6) is 0 Å². The van der Waals surface area contributed by atoms with Gasteiger partial charge >= 0.3 is 6.09 Å². The molecule has 9 heteroatoms. The molecule has 178 valence electrons. The van der Waals surface area contributed by atoms with Gasteiger partial charge in [-0.1, -0.05) is 56.6 Å². The Hall–Kier alpha value is -2.32. The minimum absolute atomic E-state index is 0.0566. The molecule has 0 aliphatic carbocycles. The van der Waals surface area contributed by atoms with Gasteiger partial charge in [-0.2, -0.15) is 0 Å². The fraction of sp³-hybridized carbons (Fsp3) is 0.458. The van der Waals surface area contributed by atoms with Crippen molar-refractivity contribution in [2.24, 2.45) is 5.92 Å². The summed E-state index contributed by atoms with van der Waals surface area (Å²) in [6, 6.07) is 10.1. The average molecular weight is 495 g/mol. The van der Waals surface area contributed by atoms with E-state index in [1.54, 1.807) is 0 Å². The number of amides is 1. The fourth-order valence-electron chi connectivity index (χ4n) is 4.67. The molecule has 2 aromatic carbocycles. The van der Waals surface area contributed by atoms with Gasteiger partial charge in [-0.3, -0.25) is 4.90 Å². The maximum atomic E-state index is 14.1. The summed E-state index contributed by atoms with van der Waals surface area (Å²) in [6.07, 6.45) is -0.932. The number of nitrogens with zero attached hydrogens (tertiary/aromatic N) is 1. The van der Waals surface area contributed by atoms with Crippen molar-refractivity contribution in [3.8, 4) is 0 Å². The number of carbonyl (C=O) groups is 1. The van der Waals surface area contributed by atoms with Crippen LogP contribution in [0.1, 0.15) is 37.5 Å². The molecule has 4 rings (SSSR count). The number of anilines is 1. The molecule has 0 saturated carbocycles. The molecule has 0 spiro atoms. The summed E-state index contributed by atoms with van der Waals surface area (Å²) in [5.74, 6) is -1.46. The maximum absolute atomic E-state index is 14.1. The first-order valence-corrected chi connectivity index (χ1v) is 13.0. The second kappa shape index (κ2) is 8.47. The highest BCUT2D eigenvalue weighted by Crippen LogP contribution is 2.36. The first kappa shape index (κ1) is 23.8.